The number of rotatable bonds is 4. The number of fused-ring (bicyclic) bond motifs is 1. The number of carbonyl (C=O) groups is 1. The Labute approximate surface area is 141 Å². The van der Waals surface area contributed by atoms with Gasteiger partial charge in [-0.05, 0) is 19.4 Å². The highest BCUT2D eigenvalue weighted by molar-refractivity contribution is 5.74. The number of likely N-dealkylation sites (tertiary alicyclic amines) is 1. The summed E-state index contributed by atoms with van der Waals surface area (Å²) in [5.41, 5.74) is 0. The van der Waals surface area contributed by atoms with Crippen molar-refractivity contribution in [2.75, 3.05) is 32.8 Å². The Morgan fingerprint density at radius 2 is 2.21 bits per heavy atom. The molecule has 1 aromatic rings. The molecule has 3 saturated heterocycles. The summed E-state index contributed by atoms with van der Waals surface area (Å²) in [6, 6.07) is 0.549. The van der Waals surface area contributed by atoms with Crippen LogP contribution in [0.15, 0.2) is 4.52 Å². The Morgan fingerprint density at radius 1 is 1.33 bits per heavy atom. The molecule has 132 valence electrons. The van der Waals surface area contributed by atoms with Crippen molar-refractivity contribution in [2.45, 2.75) is 51.0 Å². The van der Waals surface area contributed by atoms with E-state index in [0.29, 0.717) is 30.8 Å². The summed E-state index contributed by atoms with van der Waals surface area (Å²) >= 11 is 0. The minimum absolute atomic E-state index is 0.0595. The summed E-state index contributed by atoms with van der Waals surface area (Å²) in [4.78, 5) is 19.8. The highest BCUT2D eigenvalue weighted by Crippen LogP contribution is 2.28. The van der Waals surface area contributed by atoms with Gasteiger partial charge in [0.25, 0.3) is 5.89 Å². The first-order chi connectivity index (χ1) is 11.7. The molecule has 3 fully saturated rings. The van der Waals surface area contributed by atoms with Gasteiger partial charge in [0.1, 0.15) is 12.7 Å². The molecule has 0 radical (unpaired) electrons. The molecule has 8 heteroatoms. The number of ether oxygens (including phenoxy) is 2. The molecular formula is C16H24N4O4. The van der Waals surface area contributed by atoms with Crippen molar-refractivity contribution in [3.8, 4) is 0 Å². The van der Waals surface area contributed by atoms with E-state index in [9.17, 15) is 4.79 Å². The number of amides is 1. The second kappa shape index (κ2) is 6.78. The van der Waals surface area contributed by atoms with Crippen molar-refractivity contribution in [1.82, 2.24) is 19.9 Å². The van der Waals surface area contributed by atoms with E-state index in [1.54, 1.807) is 11.8 Å². The smallest absolute Gasteiger partial charge is 0.252 e. The van der Waals surface area contributed by atoms with Crippen LogP contribution in [0.1, 0.15) is 44.0 Å². The SMILES string of the molecule is CC(=O)N1CC(OCc2nc([C@H]3CN4CCCCC4CO3)no2)C1. The molecule has 1 unspecified atom stereocenters. The molecule has 3 aliphatic heterocycles. The normalized spacial score (nSPS) is 28.5. The summed E-state index contributed by atoms with van der Waals surface area (Å²) in [6.07, 6.45) is 3.71. The summed E-state index contributed by atoms with van der Waals surface area (Å²) in [7, 11) is 0. The summed E-state index contributed by atoms with van der Waals surface area (Å²) in [5.74, 6) is 1.16. The molecule has 2 atom stereocenters. The molecule has 1 aromatic heterocycles. The predicted octanol–water partition coefficient (Wildman–Crippen LogP) is 0.743. The van der Waals surface area contributed by atoms with E-state index < -0.39 is 0 Å². The van der Waals surface area contributed by atoms with Crippen LogP contribution in [0, 0.1) is 0 Å². The Kier molecular flexibility index (Phi) is 4.51. The Hall–Kier alpha value is -1.51. The number of carbonyl (C=O) groups excluding carboxylic acids is 1. The van der Waals surface area contributed by atoms with Crippen LogP contribution in [0.2, 0.25) is 0 Å². The van der Waals surface area contributed by atoms with Gasteiger partial charge in [-0.15, -0.1) is 0 Å². The van der Waals surface area contributed by atoms with Crippen LogP contribution in [0.25, 0.3) is 0 Å². The molecule has 24 heavy (non-hydrogen) atoms. The fraction of sp³-hybridized carbons (Fsp3) is 0.812. The molecule has 4 heterocycles. The Balaban J connectivity index is 1.27. The van der Waals surface area contributed by atoms with Crippen LogP contribution in [-0.2, 0) is 20.9 Å². The summed E-state index contributed by atoms with van der Waals surface area (Å²) < 4.78 is 16.9. The molecule has 8 nitrogen and oxygen atoms in total. The van der Waals surface area contributed by atoms with Crippen molar-refractivity contribution < 1.29 is 18.8 Å². The minimum atomic E-state index is -0.117. The number of aromatic nitrogens is 2. The number of nitrogens with zero attached hydrogens (tertiary/aromatic N) is 4. The zero-order valence-electron chi connectivity index (χ0n) is 14.0. The van der Waals surface area contributed by atoms with Gasteiger partial charge in [-0.3, -0.25) is 9.69 Å². The second-order valence-electron chi connectivity index (χ2n) is 6.87. The van der Waals surface area contributed by atoms with Gasteiger partial charge in [-0.1, -0.05) is 11.6 Å². The average molecular weight is 336 g/mol. The van der Waals surface area contributed by atoms with Crippen molar-refractivity contribution in [3.63, 3.8) is 0 Å². The van der Waals surface area contributed by atoms with Crippen LogP contribution in [0.5, 0.6) is 0 Å². The van der Waals surface area contributed by atoms with Crippen LogP contribution < -0.4 is 0 Å². The zero-order valence-corrected chi connectivity index (χ0v) is 14.0. The number of piperidine rings is 1. The standard InChI is InChI=1S/C16H24N4O4/c1-11(21)20-6-13(7-20)22-10-15-17-16(18-24-15)14-8-19-5-3-2-4-12(19)9-23-14/h12-14H,2-10H2,1H3/t12?,14-/m1/s1. The largest absolute Gasteiger partial charge is 0.367 e. The third-order valence-electron chi connectivity index (χ3n) is 5.15. The maximum atomic E-state index is 11.1. The first-order valence-electron chi connectivity index (χ1n) is 8.74. The highest BCUT2D eigenvalue weighted by atomic mass is 16.5. The third-order valence-corrected chi connectivity index (χ3v) is 5.15. The highest BCUT2D eigenvalue weighted by Gasteiger charge is 2.34. The molecule has 1 amide bonds. The van der Waals surface area contributed by atoms with Gasteiger partial charge in [0.15, 0.2) is 0 Å². The topological polar surface area (TPSA) is 80.9 Å². The summed E-state index contributed by atoms with van der Waals surface area (Å²) in [6.45, 7) is 5.83. The summed E-state index contributed by atoms with van der Waals surface area (Å²) in [5, 5.41) is 4.06. The fourth-order valence-electron chi connectivity index (χ4n) is 3.59. The Bertz CT molecular complexity index is 586. The van der Waals surface area contributed by atoms with Gasteiger partial charge in [-0.25, -0.2) is 0 Å². The number of hydrogen-bond donors (Lipinski definition) is 0. The van der Waals surface area contributed by atoms with Gasteiger partial charge in [-0.2, -0.15) is 4.98 Å². The van der Waals surface area contributed by atoms with Crippen molar-refractivity contribution >= 4 is 5.91 Å². The van der Waals surface area contributed by atoms with E-state index in [-0.39, 0.29) is 24.7 Å². The maximum Gasteiger partial charge on any atom is 0.252 e. The van der Waals surface area contributed by atoms with Gasteiger partial charge in [0.05, 0.1) is 12.7 Å². The lowest BCUT2D eigenvalue weighted by atomic mass is 10.0. The molecule has 0 spiro atoms. The van der Waals surface area contributed by atoms with Crippen molar-refractivity contribution in [1.29, 1.82) is 0 Å². The Morgan fingerprint density at radius 3 is 3.04 bits per heavy atom. The van der Waals surface area contributed by atoms with Crippen LogP contribution in [0.3, 0.4) is 0 Å². The molecule has 0 aromatic carbocycles. The molecule has 0 bridgehead atoms. The van der Waals surface area contributed by atoms with Crippen LogP contribution >= 0.6 is 0 Å². The zero-order chi connectivity index (χ0) is 16.5. The van der Waals surface area contributed by atoms with E-state index in [0.717, 1.165) is 19.7 Å². The van der Waals surface area contributed by atoms with Crippen molar-refractivity contribution in [3.05, 3.63) is 11.7 Å². The van der Waals surface area contributed by atoms with E-state index in [2.05, 4.69) is 15.0 Å². The van der Waals surface area contributed by atoms with Crippen LogP contribution in [0.4, 0.5) is 0 Å². The predicted molar refractivity (Wildman–Crippen MR) is 83.0 cm³/mol. The molecule has 0 N–H and O–H groups in total. The maximum absolute atomic E-state index is 11.1. The molecule has 3 aliphatic rings. The second-order valence-corrected chi connectivity index (χ2v) is 6.87. The first kappa shape index (κ1) is 16.0. The van der Waals surface area contributed by atoms with E-state index in [1.807, 2.05) is 0 Å². The van der Waals surface area contributed by atoms with Crippen molar-refractivity contribution in [2.24, 2.45) is 0 Å². The fourth-order valence-corrected chi connectivity index (χ4v) is 3.59. The monoisotopic (exact) mass is 336 g/mol. The van der Waals surface area contributed by atoms with Crippen LogP contribution in [-0.4, -0.2) is 70.8 Å². The lowest BCUT2D eigenvalue weighted by molar-refractivity contribution is -0.144. The third kappa shape index (κ3) is 3.31. The minimum Gasteiger partial charge on any atom is -0.367 e. The first-order valence-corrected chi connectivity index (χ1v) is 8.74. The van der Waals surface area contributed by atoms with Gasteiger partial charge in [0, 0.05) is 32.6 Å². The van der Waals surface area contributed by atoms with E-state index in [1.165, 1.54) is 19.3 Å². The number of morpholine rings is 1. The average Bonchev–Trinajstić information content (AvgIpc) is 3.01. The van der Waals surface area contributed by atoms with Gasteiger partial charge >= 0.3 is 0 Å². The van der Waals surface area contributed by atoms with Gasteiger partial charge in [0.2, 0.25) is 11.7 Å². The number of hydrogen-bond acceptors (Lipinski definition) is 7. The quantitative estimate of drug-likeness (QED) is 0.802. The van der Waals surface area contributed by atoms with E-state index >= 15 is 0 Å². The lowest BCUT2D eigenvalue weighted by Crippen LogP contribution is -2.53. The van der Waals surface area contributed by atoms with E-state index in [4.69, 9.17) is 14.0 Å². The molecule has 4 rings (SSSR count). The molecule has 0 saturated carbocycles. The molecule has 0 aliphatic carbocycles. The molecular weight excluding hydrogens is 312 g/mol. The lowest BCUT2D eigenvalue weighted by Gasteiger charge is -2.41. The van der Waals surface area contributed by atoms with Gasteiger partial charge < -0.3 is 18.9 Å².